The smallest absolute Gasteiger partial charge is 0.223 e. The van der Waals surface area contributed by atoms with E-state index in [1.54, 1.807) is 24.0 Å². The molecule has 0 saturated heterocycles. The maximum atomic E-state index is 12.9. The van der Waals surface area contributed by atoms with Crippen molar-refractivity contribution >= 4 is 29.3 Å². The Hall–Kier alpha value is -1.33. The second kappa shape index (κ2) is 6.02. The Morgan fingerprint density at radius 1 is 1.39 bits per heavy atom. The molecular formula is C12H11ClFN3S. The van der Waals surface area contributed by atoms with Crippen molar-refractivity contribution in [2.45, 2.75) is 11.6 Å². The second-order valence-corrected chi connectivity index (χ2v) is 4.75. The zero-order valence-electron chi connectivity index (χ0n) is 9.65. The number of hydrogen-bond acceptors (Lipinski definition) is 4. The average molecular weight is 284 g/mol. The topological polar surface area (TPSA) is 37.8 Å². The number of thioether (sulfide) groups is 1. The molecule has 0 bridgehead atoms. The Morgan fingerprint density at radius 2 is 2.22 bits per heavy atom. The zero-order valence-corrected chi connectivity index (χ0v) is 11.2. The maximum Gasteiger partial charge on any atom is 0.223 e. The molecule has 1 heterocycles. The van der Waals surface area contributed by atoms with Crippen LogP contribution in [0.25, 0.3) is 0 Å². The van der Waals surface area contributed by atoms with Gasteiger partial charge in [0.25, 0.3) is 0 Å². The monoisotopic (exact) mass is 283 g/mol. The van der Waals surface area contributed by atoms with Gasteiger partial charge in [-0.05, 0) is 30.0 Å². The van der Waals surface area contributed by atoms with Crippen LogP contribution in [0.2, 0.25) is 5.02 Å². The predicted molar refractivity (Wildman–Crippen MR) is 72.5 cm³/mol. The van der Waals surface area contributed by atoms with Gasteiger partial charge < -0.3 is 5.32 Å². The molecule has 1 aromatic heterocycles. The standard InChI is InChI=1S/C12H11ClFN3S/c1-18-11-4-5-15-12(17-11)16-7-8-2-3-9(14)6-10(8)13/h2-6H,7H2,1H3,(H,15,16,17). The van der Waals surface area contributed by atoms with E-state index in [2.05, 4.69) is 15.3 Å². The van der Waals surface area contributed by atoms with Crippen LogP contribution >= 0.6 is 23.4 Å². The lowest BCUT2D eigenvalue weighted by atomic mass is 10.2. The summed E-state index contributed by atoms with van der Waals surface area (Å²) in [5.74, 6) is 0.187. The highest BCUT2D eigenvalue weighted by atomic mass is 35.5. The first-order valence-electron chi connectivity index (χ1n) is 5.24. The second-order valence-electron chi connectivity index (χ2n) is 3.51. The molecule has 2 rings (SSSR count). The Balaban J connectivity index is 2.06. The van der Waals surface area contributed by atoms with Crippen LogP contribution in [0.1, 0.15) is 5.56 Å². The Morgan fingerprint density at radius 3 is 2.94 bits per heavy atom. The normalized spacial score (nSPS) is 10.4. The van der Waals surface area contributed by atoms with Crippen molar-refractivity contribution in [2.24, 2.45) is 0 Å². The minimum absolute atomic E-state index is 0.343. The summed E-state index contributed by atoms with van der Waals surface area (Å²) in [6.45, 7) is 0.455. The highest BCUT2D eigenvalue weighted by Gasteiger charge is 2.03. The summed E-state index contributed by atoms with van der Waals surface area (Å²) in [7, 11) is 0. The van der Waals surface area contributed by atoms with Gasteiger partial charge in [-0.15, -0.1) is 11.8 Å². The Labute approximate surface area is 114 Å². The van der Waals surface area contributed by atoms with Crippen LogP contribution in [0, 0.1) is 5.82 Å². The van der Waals surface area contributed by atoms with E-state index in [1.807, 2.05) is 12.3 Å². The summed E-state index contributed by atoms with van der Waals surface area (Å²) >= 11 is 7.47. The molecule has 1 N–H and O–H groups in total. The van der Waals surface area contributed by atoms with Gasteiger partial charge in [-0.2, -0.15) is 0 Å². The van der Waals surface area contributed by atoms with Crippen molar-refractivity contribution in [3.05, 3.63) is 46.9 Å². The van der Waals surface area contributed by atoms with E-state index in [-0.39, 0.29) is 5.82 Å². The summed E-state index contributed by atoms with van der Waals surface area (Å²) in [5, 5.41) is 4.33. The lowest BCUT2D eigenvalue weighted by Crippen LogP contribution is -2.04. The van der Waals surface area contributed by atoms with Gasteiger partial charge in [-0.1, -0.05) is 17.7 Å². The van der Waals surface area contributed by atoms with Gasteiger partial charge in [0.15, 0.2) is 0 Å². The molecule has 6 heteroatoms. The largest absolute Gasteiger partial charge is 0.350 e. The summed E-state index contributed by atoms with van der Waals surface area (Å²) in [6.07, 6.45) is 3.64. The fourth-order valence-corrected chi connectivity index (χ4v) is 1.99. The van der Waals surface area contributed by atoms with Crippen molar-refractivity contribution in [3.63, 3.8) is 0 Å². The maximum absolute atomic E-state index is 12.9. The number of aromatic nitrogens is 2. The van der Waals surface area contributed by atoms with Crippen molar-refractivity contribution in [3.8, 4) is 0 Å². The van der Waals surface area contributed by atoms with Crippen LogP contribution < -0.4 is 5.32 Å². The molecule has 0 saturated carbocycles. The Kier molecular flexibility index (Phi) is 4.38. The van der Waals surface area contributed by atoms with Crippen molar-refractivity contribution < 1.29 is 4.39 Å². The highest BCUT2D eigenvalue weighted by Crippen LogP contribution is 2.18. The number of benzene rings is 1. The van der Waals surface area contributed by atoms with Crippen LogP contribution in [0.4, 0.5) is 10.3 Å². The third kappa shape index (κ3) is 3.34. The van der Waals surface area contributed by atoms with E-state index in [9.17, 15) is 4.39 Å². The summed E-state index contributed by atoms with van der Waals surface area (Å²) in [5.41, 5.74) is 0.802. The molecule has 0 radical (unpaired) electrons. The van der Waals surface area contributed by atoms with Crippen LogP contribution in [0.3, 0.4) is 0 Å². The first-order valence-corrected chi connectivity index (χ1v) is 6.84. The van der Waals surface area contributed by atoms with Gasteiger partial charge in [-0.3, -0.25) is 0 Å². The third-order valence-electron chi connectivity index (χ3n) is 2.29. The molecule has 0 aliphatic carbocycles. The molecule has 3 nitrogen and oxygen atoms in total. The number of anilines is 1. The molecule has 0 amide bonds. The van der Waals surface area contributed by atoms with Crippen molar-refractivity contribution in [1.82, 2.24) is 9.97 Å². The molecule has 0 atom stereocenters. The number of nitrogens with one attached hydrogen (secondary N) is 1. The van der Waals surface area contributed by atoms with Gasteiger partial charge in [0.05, 0.1) is 0 Å². The van der Waals surface area contributed by atoms with E-state index >= 15 is 0 Å². The van der Waals surface area contributed by atoms with Crippen molar-refractivity contribution in [2.75, 3.05) is 11.6 Å². The molecule has 94 valence electrons. The molecule has 18 heavy (non-hydrogen) atoms. The van der Waals surface area contributed by atoms with E-state index < -0.39 is 0 Å². The van der Waals surface area contributed by atoms with Gasteiger partial charge >= 0.3 is 0 Å². The summed E-state index contributed by atoms with van der Waals surface area (Å²) < 4.78 is 12.9. The van der Waals surface area contributed by atoms with Crippen molar-refractivity contribution in [1.29, 1.82) is 0 Å². The molecule has 0 aliphatic heterocycles. The highest BCUT2D eigenvalue weighted by molar-refractivity contribution is 7.98. The Bertz CT molecular complexity index is 551. The van der Waals surface area contributed by atoms with Gasteiger partial charge in [0.1, 0.15) is 10.8 Å². The van der Waals surface area contributed by atoms with E-state index in [1.165, 1.54) is 12.1 Å². The molecule has 0 fully saturated rings. The average Bonchev–Trinajstić information content (AvgIpc) is 2.38. The number of nitrogens with zero attached hydrogens (tertiary/aromatic N) is 2. The van der Waals surface area contributed by atoms with E-state index in [0.29, 0.717) is 17.5 Å². The van der Waals surface area contributed by atoms with Crippen LogP contribution in [0.15, 0.2) is 35.5 Å². The van der Waals surface area contributed by atoms with Crippen LogP contribution in [0.5, 0.6) is 0 Å². The van der Waals surface area contributed by atoms with Crippen LogP contribution in [-0.2, 0) is 6.54 Å². The summed E-state index contributed by atoms with van der Waals surface area (Å²) in [6, 6.07) is 6.14. The van der Waals surface area contributed by atoms with Gasteiger partial charge in [-0.25, -0.2) is 14.4 Å². The van der Waals surface area contributed by atoms with Crippen LogP contribution in [-0.4, -0.2) is 16.2 Å². The van der Waals surface area contributed by atoms with Gasteiger partial charge in [0.2, 0.25) is 5.95 Å². The summed E-state index contributed by atoms with van der Waals surface area (Å²) in [4.78, 5) is 8.37. The molecule has 0 unspecified atom stereocenters. The molecule has 0 spiro atoms. The van der Waals surface area contributed by atoms with E-state index in [4.69, 9.17) is 11.6 Å². The lowest BCUT2D eigenvalue weighted by molar-refractivity contribution is 0.627. The third-order valence-corrected chi connectivity index (χ3v) is 3.29. The fraction of sp³-hybridized carbons (Fsp3) is 0.167. The SMILES string of the molecule is CSc1ccnc(NCc2ccc(F)cc2Cl)n1. The minimum atomic E-state index is -0.343. The lowest BCUT2D eigenvalue weighted by Gasteiger charge is -2.07. The molecule has 1 aromatic carbocycles. The minimum Gasteiger partial charge on any atom is -0.350 e. The zero-order chi connectivity index (χ0) is 13.0. The molecule has 0 aliphatic rings. The quantitative estimate of drug-likeness (QED) is 0.687. The number of rotatable bonds is 4. The first-order chi connectivity index (χ1) is 8.69. The van der Waals surface area contributed by atoms with E-state index in [0.717, 1.165) is 10.6 Å². The molecule has 2 aromatic rings. The fourth-order valence-electron chi connectivity index (χ4n) is 1.38. The van der Waals surface area contributed by atoms with Gasteiger partial charge in [0, 0.05) is 17.8 Å². The first kappa shape index (κ1) is 13.1. The number of halogens is 2. The number of hydrogen-bond donors (Lipinski definition) is 1. The molecular weight excluding hydrogens is 273 g/mol. The predicted octanol–water partition coefficient (Wildman–Crippen LogP) is 3.60.